The standard InChI is InChI=1S/C12H14BrF3/c13-9-5-1-2-6-10-7-3-4-8-11(10)12(14,15)16/h3-4,7-8H,1-2,5-6,9H2. The Morgan fingerprint density at radius 2 is 1.69 bits per heavy atom. The molecular formula is C12H14BrF3. The lowest BCUT2D eigenvalue weighted by Crippen LogP contribution is -2.08. The Bertz CT molecular complexity index is 320. The highest BCUT2D eigenvalue weighted by Gasteiger charge is 2.32. The first-order valence-corrected chi connectivity index (χ1v) is 6.39. The van der Waals surface area contributed by atoms with E-state index in [1.54, 1.807) is 12.1 Å². The fraction of sp³-hybridized carbons (Fsp3) is 0.500. The van der Waals surface area contributed by atoms with Gasteiger partial charge in [-0.1, -0.05) is 40.5 Å². The third-order valence-corrected chi connectivity index (χ3v) is 2.96. The third kappa shape index (κ3) is 4.16. The molecule has 0 heterocycles. The molecule has 90 valence electrons. The Kier molecular flexibility index (Phi) is 5.32. The van der Waals surface area contributed by atoms with Crippen LogP contribution in [0.2, 0.25) is 0 Å². The third-order valence-electron chi connectivity index (χ3n) is 2.40. The molecule has 0 aliphatic heterocycles. The van der Waals surface area contributed by atoms with Gasteiger partial charge in [-0.3, -0.25) is 0 Å². The number of halogens is 4. The van der Waals surface area contributed by atoms with E-state index in [1.807, 2.05) is 0 Å². The Labute approximate surface area is 102 Å². The van der Waals surface area contributed by atoms with Gasteiger partial charge in [-0.25, -0.2) is 0 Å². The summed E-state index contributed by atoms with van der Waals surface area (Å²) in [7, 11) is 0. The maximum absolute atomic E-state index is 12.6. The summed E-state index contributed by atoms with van der Waals surface area (Å²) in [5.74, 6) is 0. The molecule has 0 aliphatic carbocycles. The lowest BCUT2D eigenvalue weighted by Gasteiger charge is -2.12. The summed E-state index contributed by atoms with van der Waals surface area (Å²) in [6, 6.07) is 5.82. The van der Waals surface area contributed by atoms with Gasteiger partial charge in [-0.2, -0.15) is 13.2 Å². The summed E-state index contributed by atoms with van der Waals surface area (Å²) >= 11 is 3.30. The van der Waals surface area contributed by atoms with Crippen molar-refractivity contribution in [2.75, 3.05) is 5.33 Å². The fourth-order valence-corrected chi connectivity index (χ4v) is 2.00. The molecule has 0 atom stereocenters. The van der Waals surface area contributed by atoms with Crippen molar-refractivity contribution >= 4 is 15.9 Å². The molecule has 0 spiro atoms. The first-order chi connectivity index (χ1) is 7.55. The van der Waals surface area contributed by atoms with Crippen molar-refractivity contribution in [1.29, 1.82) is 0 Å². The second-order valence-electron chi connectivity index (χ2n) is 3.65. The Hall–Kier alpha value is -0.510. The van der Waals surface area contributed by atoms with Crippen molar-refractivity contribution in [1.82, 2.24) is 0 Å². The smallest absolute Gasteiger partial charge is 0.166 e. The lowest BCUT2D eigenvalue weighted by molar-refractivity contribution is -0.138. The van der Waals surface area contributed by atoms with Crippen molar-refractivity contribution in [2.45, 2.75) is 31.9 Å². The number of alkyl halides is 4. The number of hydrogen-bond donors (Lipinski definition) is 0. The molecule has 0 bridgehead atoms. The Morgan fingerprint density at radius 1 is 1.00 bits per heavy atom. The highest BCUT2D eigenvalue weighted by Crippen LogP contribution is 2.32. The van der Waals surface area contributed by atoms with E-state index in [1.165, 1.54) is 6.07 Å². The van der Waals surface area contributed by atoms with Crippen LogP contribution in [-0.2, 0) is 12.6 Å². The van der Waals surface area contributed by atoms with Crippen LogP contribution in [0.25, 0.3) is 0 Å². The van der Waals surface area contributed by atoms with Crippen molar-refractivity contribution in [3.63, 3.8) is 0 Å². The molecule has 0 aromatic heterocycles. The van der Waals surface area contributed by atoms with Crippen LogP contribution in [0.3, 0.4) is 0 Å². The van der Waals surface area contributed by atoms with Gasteiger partial charge in [0.15, 0.2) is 0 Å². The lowest BCUT2D eigenvalue weighted by atomic mass is 10.0. The molecule has 0 unspecified atom stereocenters. The van der Waals surface area contributed by atoms with Gasteiger partial charge >= 0.3 is 6.18 Å². The van der Waals surface area contributed by atoms with Crippen LogP contribution in [-0.4, -0.2) is 5.33 Å². The summed E-state index contributed by atoms with van der Waals surface area (Å²) in [6.45, 7) is 0. The van der Waals surface area contributed by atoms with Gasteiger partial charge in [0, 0.05) is 5.33 Å². The molecule has 0 aliphatic rings. The maximum atomic E-state index is 12.6. The average Bonchev–Trinajstić information content (AvgIpc) is 2.24. The van der Waals surface area contributed by atoms with E-state index in [-0.39, 0.29) is 0 Å². The molecule has 0 nitrogen and oxygen atoms in total. The van der Waals surface area contributed by atoms with Gasteiger partial charge in [0.2, 0.25) is 0 Å². The van der Waals surface area contributed by atoms with Gasteiger partial charge in [0.05, 0.1) is 5.56 Å². The zero-order valence-electron chi connectivity index (χ0n) is 8.86. The second kappa shape index (κ2) is 6.28. The SMILES string of the molecule is FC(F)(F)c1ccccc1CCCCCBr. The van der Waals surface area contributed by atoms with Crippen LogP contribution in [0.1, 0.15) is 30.4 Å². The first-order valence-electron chi connectivity index (χ1n) is 5.27. The number of aryl methyl sites for hydroxylation is 1. The van der Waals surface area contributed by atoms with Crippen LogP contribution in [0, 0.1) is 0 Å². The van der Waals surface area contributed by atoms with Crippen LogP contribution < -0.4 is 0 Å². The number of rotatable bonds is 5. The normalized spacial score (nSPS) is 11.8. The summed E-state index contributed by atoms with van der Waals surface area (Å²) in [5.41, 5.74) is -0.0848. The molecule has 1 rings (SSSR count). The quantitative estimate of drug-likeness (QED) is 0.540. The first kappa shape index (κ1) is 13.6. The fourth-order valence-electron chi connectivity index (χ4n) is 1.60. The topological polar surface area (TPSA) is 0 Å². The average molecular weight is 295 g/mol. The zero-order chi connectivity index (χ0) is 12.0. The minimum Gasteiger partial charge on any atom is -0.166 e. The number of unbranched alkanes of at least 4 members (excludes halogenated alkanes) is 2. The zero-order valence-corrected chi connectivity index (χ0v) is 10.4. The van der Waals surface area contributed by atoms with Crippen molar-refractivity contribution in [3.05, 3.63) is 35.4 Å². The van der Waals surface area contributed by atoms with Gasteiger partial charge in [-0.05, 0) is 30.9 Å². The monoisotopic (exact) mass is 294 g/mol. The van der Waals surface area contributed by atoms with E-state index in [2.05, 4.69) is 15.9 Å². The molecular weight excluding hydrogens is 281 g/mol. The summed E-state index contributed by atoms with van der Waals surface area (Å²) < 4.78 is 37.8. The van der Waals surface area contributed by atoms with Crippen LogP contribution in [0.15, 0.2) is 24.3 Å². The van der Waals surface area contributed by atoms with Crippen molar-refractivity contribution in [3.8, 4) is 0 Å². The largest absolute Gasteiger partial charge is 0.416 e. The van der Waals surface area contributed by atoms with Crippen molar-refractivity contribution < 1.29 is 13.2 Å². The van der Waals surface area contributed by atoms with Gasteiger partial charge in [0.1, 0.15) is 0 Å². The Morgan fingerprint density at radius 3 is 2.31 bits per heavy atom. The van der Waals surface area contributed by atoms with Crippen LogP contribution in [0.4, 0.5) is 13.2 Å². The summed E-state index contributed by atoms with van der Waals surface area (Å²) in [5, 5.41) is 0.911. The predicted molar refractivity (Wildman–Crippen MR) is 62.8 cm³/mol. The maximum Gasteiger partial charge on any atom is 0.416 e. The molecule has 16 heavy (non-hydrogen) atoms. The molecule has 0 amide bonds. The minimum atomic E-state index is -4.23. The van der Waals surface area contributed by atoms with E-state index in [4.69, 9.17) is 0 Å². The molecule has 0 radical (unpaired) electrons. The van der Waals surface area contributed by atoms with E-state index in [9.17, 15) is 13.2 Å². The van der Waals surface area contributed by atoms with Crippen molar-refractivity contribution in [2.24, 2.45) is 0 Å². The van der Waals surface area contributed by atoms with E-state index in [0.717, 1.165) is 30.7 Å². The van der Waals surface area contributed by atoms with Gasteiger partial charge < -0.3 is 0 Å². The molecule has 0 fully saturated rings. The molecule has 0 N–H and O–H groups in total. The molecule has 0 saturated heterocycles. The predicted octanol–water partition coefficient (Wildman–Crippen LogP) is 4.81. The summed E-state index contributed by atoms with van der Waals surface area (Å²) in [4.78, 5) is 0. The van der Waals surface area contributed by atoms with E-state index >= 15 is 0 Å². The highest BCUT2D eigenvalue weighted by molar-refractivity contribution is 9.09. The summed E-state index contributed by atoms with van der Waals surface area (Å²) in [6.07, 6.45) is -0.959. The van der Waals surface area contributed by atoms with E-state index < -0.39 is 11.7 Å². The molecule has 1 aromatic carbocycles. The number of benzene rings is 1. The van der Waals surface area contributed by atoms with Gasteiger partial charge in [-0.15, -0.1) is 0 Å². The highest BCUT2D eigenvalue weighted by atomic mass is 79.9. The van der Waals surface area contributed by atoms with Gasteiger partial charge in [0.25, 0.3) is 0 Å². The van der Waals surface area contributed by atoms with Crippen LogP contribution >= 0.6 is 15.9 Å². The molecule has 1 aromatic rings. The molecule has 0 saturated carbocycles. The minimum absolute atomic E-state index is 0.407. The number of hydrogen-bond acceptors (Lipinski definition) is 0. The van der Waals surface area contributed by atoms with Crippen LogP contribution in [0.5, 0.6) is 0 Å². The van der Waals surface area contributed by atoms with E-state index in [0.29, 0.717) is 12.0 Å². The molecule has 4 heteroatoms. The second-order valence-corrected chi connectivity index (χ2v) is 4.45. The Balaban J connectivity index is 2.65.